The molecule has 1 nitrogen and oxygen atoms in total. The summed E-state index contributed by atoms with van der Waals surface area (Å²) >= 11 is 0. The van der Waals surface area contributed by atoms with Crippen molar-refractivity contribution in [1.82, 2.24) is 0 Å². The summed E-state index contributed by atoms with van der Waals surface area (Å²) in [7, 11) is 0. The highest BCUT2D eigenvalue weighted by molar-refractivity contribution is 5.29. The first-order valence-corrected chi connectivity index (χ1v) is 13.0. The van der Waals surface area contributed by atoms with Crippen LogP contribution in [0.25, 0.3) is 0 Å². The third-order valence-corrected chi connectivity index (χ3v) is 7.83. The highest BCUT2D eigenvalue weighted by atomic mass is 16.5. The molecule has 2 saturated carbocycles. The van der Waals surface area contributed by atoms with Crippen molar-refractivity contribution < 1.29 is 4.74 Å². The molecule has 0 heterocycles. The Kier molecular flexibility index (Phi) is 9.91. The van der Waals surface area contributed by atoms with Crippen LogP contribution in [0.2, 0.25) is 0 Å². The standard InChI is InChI=1S/C28H46O/c1-3-4-5-6-8-24-14-16-26(17-15-24)27-18-20-28(21-19-27)29-22-7-9-25-12-10-23(2)11-13-25/h18-21,23-26H,3-17,22H2,1-2H3. The lowest BCUT2D eigenvalue weighted by atomic mass is 9.77. The molecular formula is C28H46O. The van der Waals surface area contributed by atoms with Gasteiger partial charge in [0, 0.05) is 0 Å². The van der Waals surface area contributed by atoms with E-state index in [1.807, 2.05) is 0 Å². The number of hydrogen-bond acceptors (Lipinski definition) is 1. The maximum Gasteiger partial charge on any atom is 0.119 e. The molecule has 164 valence electrons. The Balaban J connectivity index is 1.30. The number of unbranched alkanes of at least 4 members (excludes halogenated alkanes) is 3. The van der Waals surface area contributed by atoms with E-state index >= 15 is 0 Å². The van der Waals surface area contributed by atoms with Crippen LogP contribution in [0.4, 0.5) is 0 Å². The zero-order valence-corrected chi connectivity index (χ0v) is 19.3. The van der Waals surface area contributed by atoms with Crippen molar-refractivity contribution in [3.63, 3.8) is 0 Å². The fourth-order valence-electron chi connectivity index (χ4n) is 5.66. The van der Waals surface area contributed by atoms with Gasteiger partial charge in [0.2, 0.25) is 0 Å². The van der Waals surface area contributed by atoms with Crippen molar-refractivity contribution in [3.8, 4) is 5.75 Å². The summed E-state index contributed by atoms with van der Waals surface area (Å²) < 4.78 is 6.04. The molecule has 0 saturated heterocycles. The fraction of sp³-hybridized carbons (Fsp3) is 0.786. The highest BCUT2D eigenvalue weighted by Gasteiger charge is 2.22. The van der Waals surface area contributed by atoms with Gasteiger partial charge in [-0.05, 0) is 79.9 Å². The van der Waals surface area contributed by atoms with E-state index in [9.17, 15) is 0 Å². The Labute approximate surface area is 181 Å². The van der Waals surface area contributed by atoms with Crippen LogP contribution >= 0.6 is 0 Å². The second-order valence-corrected chi connectivity index (χ2v) is 10.3. The van der Waals surface area contributed by atoms with Crippen LogP contribution in [0.1, 0.15) is 122 Å². The summed E-state index contributed by atoms with van der Waals surface area (Å²) in [5, 5.41) is 0. The van der Waals surface area contributed by atoms with Gasteiger partial charge < -0.3 is 4.74 Å². The third kappa shape index (κ3) is 7.99. The molecular weight excluding hydrogens is 352 g/mol. The minimum absolute atomic E-state index is 0.782. The summed E-state index contributed by atoms with van der Waals surface area (Å²) in [5.41, 5.74) is 1.54. The fourth-order valence-corrected chi connectivity index (χ4v) is 5.66. The molecule has 3 rings (SSSR count). The summed E-state index contributed by atoms with van der Waals surface area (Å²) in [6.45, 7) is 5.59. The van der Waals surface area contributed by atoms with Crippen LogP contribution < -0.4 is 4.74 Å². The maximum atomic E-state index is 6.04. The van der Waals surface area contributed by atoms with E-state index in [1.54, 1.807) is 0 Å². The molecule has 0 spiro atoms. The Morgan fingerprint density at radius 3 is 2.00 bits per heavy atom. The van der Waals surface area contributed by atoms with Crippen LogP contribution in [-0.2, 0) is 0 Å². The van der Waals surface area contributed by atoms with E-state index in [2.05, 4.69) is 38.1 Å². The second-order valence-electron chi connectivity index (χ2n) is 10.3. The molecule has 2 aliphatic rings. The lowest BCUT2D eigenvalue weighted by molar-refractivity contribution is 0.245. The molecule has 1 aromatic carbocycles. The van der Waals surface area contributed by atoms with Gasteiger partial charge in [0.25, 0.3) is 0 Å². The van der Waals surface area contributed by atoms with Gasteiger partial charge in [0.05, 0.1) is 6.61 Å². The molecule has 1 heteroatoms. The first-order valence-electron chi connectivity index (χ1n) is 13.0. The lowest BCUT2D eigenvalue weighted by Crippen LogP contribution is -2.13. The minimum Gasteiger partial charge on any atom is -0.494 e. The average molecular weight is 399 g/mol. The second kappa shape index (κ2) is 12.7. The van der Waals surface area contributed by atoms with Gasteiger partial charge in [-0.15, -0.1) is 0 Å². The quantitative estimate of drug-likeness (QED) is 0.338. The Morgan fingerprint density at radius 1 is 0.724 bits per heavy atom. The summed E-state index contributed by atoms with van der Waals surface area (Å²) in [4.78, 5) is 0. The van der Waals surface area contributed by atoms with Gasteiger partial charge in [-0.25, -0.2) is 0 Å². The van der Waals surface area contributed by atoms with Gasteiger partial charge in [0.1, 0.15) is 5.75 Å². The number of rotatable bonds is 11. The maximum absolute atomic E-state index is 6.04. The van der Waals surface area contributed by atoms with Gasteiger partial charge >= 0.3 is 0 Å². The molecule has 1 aromatic rings. The SMILES string of the molecule is CCCCCCC1CCC(c2ccc(OCCCC3CCC(C)CC3)cc2)CC1. The molecule has 2 aliphatic carbocycles. The predicted molar refractivity (Wildman–Crippen MR) is 126 cm³/mol. The monoisotopic (exact) mass is 398 g/mol. The molecule has 0 unspecified atom stereocenters. The van der Waals surface area contributed by atoms with Crippen LogP contribution in [0, 0.1) is 17.8 Å². The summed E-state index contributed by atoms with van der Waals surface area (Å²) in [6.07, 6.45) is 21.1. The van der Waals surface area contributed by atoms with Crippen LogP contribution in [0.5, 0.6) is 5.75 Å². The Bertz CT molecular complexity index is 532. The zero-order chi connectivity index (χ0) is 20.3. The van der Waals surface area contributed by atoms with Crippen molar-refractivity contribution in [2.45, 2.75) is 116 Å². The van der Waals surface area contributed by atoms with E-state index < -0.39 is 0 Å². The Morgan fingerprint density at radius 2 is 1.34 bits per heavy atom. The van der Waals surface area contributed by atoms with E-state index in [1.165, 1.54) is 102 Å². The van der Waals surface area contributed by atoms with E-state index in [4.69, 9.17) is 4.74 Å². The predicted octanol–water partition coefficient (Wildman–Crippen LogP) is 8.92. The van der Waals surface area contributed by atoms with Crippen molar-refractivity contribution in [2.24, 2.45) is 17.8 Å². The van der Waals surface area contributed by atoms with E-state index in [0.717, 1.165) is 36.0 Å². The largest absolute Gasteiger partial charge is 0.494 e. The van der Waals surface area contributed by atoms with Gasteiger partial charge in [0.15, 0.2) is 0 Å². The van der Waals surface area contributed by atoms with Crippen molar-refractivity contribution in [3.05, 3.63) is 29.8 Å². The Hall–Kier alpha value is -0.980. The van der Waals surface area contributed by atoms with E-state index in [-0.39, 0.29) is 0 Å². The third-order valence-electron chi connectivity index (χ3n) is 7.83. The van der Waals surface area contributed by atoms with E-state index in [0.29, 0.717) is 0 Å². The number of hydrogen-bond donors (Lipinski definition) is 0. The lowest BCUT2D eigenvalue weighted by Gasteiger charge is -2.29. The van der Waals surface area contributed by atoms with Gasteiger partial charge in [-0.3, -0.25) is 0 Å². The molecule has 0 radical (unpaired) electrons. The molecule has 0 bridgehead atoms. The molecule has 0 aromatic heterocycles. The van der Waals surface area contributed by atoms with Gasteiger partial charge in [-0.2, -0.15) is 0 Å². The number of ether oxygens (including phenoxy) is 1. The molecule has 0 atom stereocenters. The van der Waals surface area contributed by atoms with Crippen LogP contribution in [-0.4, -0.2) is 6.61 Å². The van der Waals surface area contributed by atoms with Crippen LogP contribution in [0.3, 0.4) is 0 Å². The molecule has 0 aliphatic heterocycles. The molecule has 29 heavy (non-hydrogen) atoms. The van der Waals surface area contributed by atoms with Crippen LogP contribution in [0.15, 0.2) is 24.3 Å². The van der Waals surface area contributed by atoms with Crippen molar-refractivity contribution >= 4 is 0 Å². The first-order chi connectivity index (χ1) is 14.2. The molecule has 2 fully saturated rings. The molecule has 0 amide bonds. The smallest absolute Gasteiger partial charge is 0.119 e. The van der Waals surface area contributed by atoms with Crippen molar-refractivity contribution in [1.29, 1.82) is 0 Å². The summed E-state index contributed by atoms with van der Waals surface area (Å²) in [5.74, 6) is 4.76. The zero-order valence-electron chi connectivity index (χ0n) is 19.3. The number of benzene rings is 1. The topological polar surface area (TPSA) is 9.23 Å². The minimum atomic E-state index is 0.782. The van der Waals surface area contributed by atoms with Crippen molar-refractivity contribution in [2.75, 3.05) is 6.61 Å². The average Bonchev–Trinajstić information content (AvgIpc) is 2.76. The molecule has 0 N–H and O–H groups in total. The van der Waals surface area contributed by atoms with Gasteiger partial charge in [-0.1, -0.05) is 83.8 Å². The summed E-state index contributed by atoms with van der Waals surface area (Å²) in [6, 6.07) is 9.11. The first kappa shape index (κ1) is 22.7. The highest BCUT2D eigenvalue weighted by Crippen LogP contribution is 2.38. The normalized spacial score (nSPS) is 27.7.